The van der Waals surface area contributed by atoms with Crippen LogP contribution in [0.2, 0.25) is 5.15 Å². The Morgan fingerprint density at radius 1 is 1.39 bits per heavy atom. The number of aromatic hydroxyl groups is 1. The summed E-state index contributed by atoms with van der Waals surface area (Å²) in [5.41, 5.74) is 1.70. The number of nitrogens with one attached hydrogen (secondary N) is 1. The van der Waals surface area contributed by atoms with Gasteiger partial charge in [-0.2, -0.15) is 0 Å². The molecule has 5 heteroatoms. The van der Waals surface area contributed by atoms with Gasteiger partial charge in [0.2, 0.25) is 0 Å². The van der Waals surface area contributed by atoms with Gasteiger partial charge < -0.3 is 10.4 Å². The van der Waals surface area contributed by atoms with Gasteiger partial charge in [-0.05, 0) is 42.8 Å². The number of carbonyl (C=O) groups excluding carboxylic acids is 1. The lowest BCUT2D eigenvalue weighted by Gasteiger charge is -2.09. The van der Waals surface area contributed by atoms with E-state index in [9.17, 15) is 9.90 Å². The number of phenolic OH excluding ortho intramolecular Hbond substituents is 1. The van der Waals surface area contributed by atoms with E-state index in [-0.39, 0.29) is 16.8 Å². The summed E-state index contributed by atoms with van der Waals surface area (Å²) >= 11 is 5.84. The largest absolute Gasteiger partial charge is 0.508 e. The van der Waals surface area contributed by atoms with E-state index in [1.807, 2.05) is 0 Å². The van der Waals surface area contributed by atoms with E-state index in [0.717, 1.165) is 5.56 Å². The molecule has 1 heterocycles. The zero-order valence-corrected chi connectivity index (χ0v) is 10.4. The van der Waals surface area contributed by atoms with Gasteiger partial charge in [-0.1, -0.05) is 11.6 Å². The van der Waals surface area contributed by atoms with Crippen molar-refractivity contribution in [3.8, 4) is 5.75 Å². The summed E-state index contributed by atoms with van der Waals surface area (Å²) < 4.78 is 0. The molecule has 2 N–H and O–H groups in total. The van der Waals surface area contributed by atoms with Crippen LogP contribution in [0, 0.1) is 6.92 Å². The van der Waals surface area contributed by atoms with E-state index in [1.54, 1.807) is 31.2 Å². The fraction of sp³-hybridized carbons (Fsp3) is 0.0769. The van der Waals surface area contributed by atoms with Gasteiger partial charge in [-0.3, -0.25) is 4.79 Å². The lowest BCUT2D eigenvalue weighted by Crippen LogP contribution is -2.13. The Kier molecular flexibility index (Phi) is 3.48. The molecule has 18 heavy (non-hydrogen) atoms. The molecule has 2 rings (SSSR count). The lowest BCUT2D eigenvalue weighted by atomic mass is 10.2. The minimum Gasteiger partial charge on any atom is -0.508 e. The van der Waals surface area contributed by atoms with Crippen molar-refractivity contribution in [3.05, 3.63) is 52.8 Å². The molecule has 0 saturated carbocycles. The van der Waals surface area contributed by atoms with Crippen molar-refractivity contribution >= 4 is 23.2 Å². The first kappa shape index (κ1) is 12.4. The second-order valence-electron chi connectivity index (χ2n) is 3.80. The zero-order valence-electron chi connectivity index (χ0n) is 9.64. The highest BCUT2D eigenvalue weighted by Crippen LogP contribution is 2.21. The first-order valence-corrected chi connectivity index (χ1v) is 5.67. The third kappa shape index (κ3) is 2.60. The van der Waals surface area contributed by atoms with Crippen molar-refractivity contribution in [2.45, 2.75) is 6.92 Å². The van der Waals surface area contributed by atoms with E-state index in [0.29, 0.717) is 11.3 Å². The Labute approximate surface area is 109 Å². The Hall–Kier alpha value is -2.07. The average molecular weight is 263 g/mol. The number of benzene rings is 1. The van der Waals surface area contributed by atoms with Crippen LogP contribution in [-0.2, 0) is 0 Å². The molecule has 0 radical (unpaired) electrons. The van der Waals surface area contributed by atoms with Gasteiger partial charge in [0.25, 0.3) is 5.91 Å². The summed E-state index contributed by atoms with van der Waals surface area (Å²) in [6, 6.07) is 7.95. The number of rotatable bonds is 2. The van der Waals surface area contributed by atoms with Crippen molar-refractivity contribution in [1.82, 2.24) is 4.98 Å². The minimum atomic E-state index is -0.332. The fourth-order valence-electron chi connectivity index (χ4n) is 1.53. The summed E-state index contributed by atoms with van der Waals surface area (Å²) in [6.45, 7) is 1.79. The van der Waals surface area contributed by atoms with Crippen LogP contribution < -0.4 is 5.32 Å². The molecule has 92 valence electrons. The zero-order chi connectivity index (χ0) is 13.1. The molecule has 0 spiro atoms. The molecule has 1 amide bonds. The summed E-state index contributed by atoms with van der Waals surface area (Å²) in [5.74, 6) is -0.174. The number of carbonyl (C=O) groups is 1. The highest BCUT2D eigenvalue weighted by atomic mass is 35.5. The topological polar surface area (TPSA) is 62.2 Å². The van der Waals surface area contributed by atoms with Gasteiger partial charge in [-0.15, -0.1) is 0 Å². The number of hydrogen-bond donors (Lipinski definition) is 2. The number of aromatic nitrogens is 1. The molecular formula is C13H11ClN2O2. The number of halogens is 1. The molecule has 1 aromatic carbocycles. The first-order chi connectivity index (χ1) is 8.58. The second-order valence-corrected chi connectivity index (χ2v) is 4.15. The lowest BCUT2D eigenvalue weighted by molar-refractivity contribution is 0.102. The predicted octanol–water partition coefficient (Wildman–Crippen LogP) is 3.00. The predicted molar refractivity (Wildman–Crippen MR) is 70.0 cm³/mol. The van der Waals surface area contributed by atoms with E-state index in [2.05, 4.69) is 10.3 Å². The Morgan fingerprint density at radius 2 is 2.17 bits per heavy atom. The smallest absolute Gasteiger partial charge is 0.258 e. The highest BCUT2D eigenvalue weighted by molar-refractivity contribution is 6.33. The SMILES string of the molecule is Cc1cc(O)ccc1NC(=O)c1cccnc1Cl. The Bertz CT molecular complexity index is 599. The second kappa shape index (κ2) is 5.06. The van der Waals surface area contributed by atoms with Crippen LogP contribution in [-0.4, -0.2) is 16.0 Å². The first-order valence-electron chi connectivity index (χ1n) is 5.29. The van der Waals surface area contributed by atoms with Crippen molar-refractivity contribution in [1.29, 1.82) is 0 Å². The van der Waals surface area contributed by atoms with Gasteiger partial charge in [0.05, 0.1) is 5.56 Å². The number of aryl methyl sites for hydroxylation is 1. The molecule has 0 aliphatic carbocycles. The van der Waals surface area contributed by atoms with E-state index < -0.39 is 0 Å². The van der Waals surface area contributed by atoms with Crippen LogP contribution in [0.3, 0.4) is 0 Å². The van der Waals surface area contributed by atoms with Crippen molar-refractivity contribution in [2.75, 3.05) is 5.32 Å². The molecule has 0 fully saturated rings. The quantitative estimate of drug-likeness (QED) is 0.646. The van der Waals surface area contributed by atoms with Crippen molar-refractivity contribution in [3.63, 3.8) is 0 Å². The van der Waals surface area contributed by atoms with E-state index in [1.165, 1.54) is 12.3 Å². The van der Waals surface area contributed by atoms with Crippen molar-refractivity contribution < 1.29 is 9.90 Å². The van der Waals surface area contributed by atoms with Gasteiger partial charge in [-0.25, -0.2) is 4.98 Å². The highest BCUT2D eigenvalue weighted by Gasteiger charge is 2.11. The van der Waals surface area contributed by atoms with Crippen LogP contribution in [0.5, 0.6) is 5.75 Å². The summed E-state index contributed by atoms with van der Waals surface area (Å²) in [5, 5.41) is 12.2. The third-order valence-corrected chi connectivity index (χ3v) is 2.76. The number of amides is 1. The fourth-order valence-corrected chi connectivity index (χ4v) is 1.74. The van der Waals surface area contributed by atoms with Crippen LogP contribution in [0.4, 0.5) is 5.69 Å². The van der Waals surface area contributed by atoms with Gasteiger partial charge in [0.1, 0.15) is 10.9 Å². The third-order valence-electron chi connectivity index (χ3n) is 2.46. The van der Waals surface area contributed by atoms with E-state index >= 15 is 0 Å². The van der Waals surface area contributed by atoms with Crippen molar-refractivity contribution in [2.24, 2.45) is 0 Å². The molecule has 0 aliphatic rings. The Morgan fingerprint density at radius 3 is 2.83 bits per heavy atom. The normalized spacial score (nSPS) is 10.1. The maximum atomic E-state index is 12.0. The molecule has 1 aromatic heterocycles. The molecule has 0 atom stereocenters. The number of pyridine rings is 1. The van der Waals surface area contributed by atoms with Crippen LogP contribution in [0.25, 0.3) is 0 Å². The van der Waals surface area contributed by atoms with Gasteiger partial charge in [0, 0.05) is 11.9 Å². The Balaban J connectivity index is 2.24. The number of anilines is 1. The average Bonchev–Trinajstić information content (AvgIpc) is 2.33. The maximum Gasteiger partial charge on any atom is 0.258 e. The standard InChI is InChI=1S/C13H11ClN2O2/c1-8-7-9(17)4-5-11(8)16-13(18)10-3-2-6-15-12(10)14/h2-7,17H,1H3,(H,16,18). The van der Waals surface area contributed by atoms with Crippen LogP contribution in [0.15, 0.2) is 36.5 Å². The molecule has 0 aliphatic heterocycles. The minimum absolute atomic E-state index is 0.157. The van der Waals surface area contributed by atoms with Crippen LogP contribution in [0.1, 0.15) is 15.9 Å². The summed E-state index contributed by atoms with van der Waals surface area (Å²) in [4.78, 5) is 15.8. The molecule has 2 aromatic rings. The molecular weight excluding hydrogens is 252 g/mol. The molecule has 0 unspecified atom stereocenters. The van der Waals surface area contributed by atoms with E-state index in [4.69, 9.17) is 11.6 Å². The summed E-state index contributed by atoms with van der Waals surface area (Å²) in [6.07, 6.45) is 1.52. The maximum absolute atomic E-state index is 12.0. The summed E-state index contributed by atoms with van der Waals surface area (Å²) in [7, 11) is 0. The van der Waals surface area contributed by atoms with Gasteiger partial charge in [0.15, 0.2) is 0 Å². The monoisotopic (exact) mass is 262 g/mol. The number of hydrogen-bond acceptors (Lipinski definition) is 3. The molecule has 0 bridgehead atoms. The number of phenols is 1. The number of nitrogens with zero attached hydrogens (tertiary/aromatic N) is 1. The molecule has 4 nitrogen and oxygen atoms in total. The van der Waals surface area contributed by atoms with Crippen LogP contribution >= 0.6 is 11.6 Å². The van der Waals surface area contributed by atoms with Gasteiger partial charge >= 0.3 is 0 Å². The molecule has 0 saturated heterocycles.